The minimum absolute atomic E-state index is 0.0571. The number of methoxy groups -OCH3 is 2. The maximum Gasteiger partial charge on any atom is 0.340 e. The van der Waals surface area contributed by atoms with Crippen LogP contribution in [0.15, 0.2) is 36.4 Å². The Labute approximate surface area is 170 Å². The summed E-state index contributed by atoms with van der Waals surface area (Å²) in [7, 11) is 2.54. The average molecular weight is 395 g/mol. The molecule has 152 valence electrons. The molecule has 0 spiro atoms. The summed E-state index contributed by atoms with van der Waals surface area (Å²) in [5, 5.41) is 0. The lowest BCUT2D eigenvalue weighted by Crippen LogP contribution is -2.29. The Morgan fingerprint density at radius 1 is 1.00 bits per heavy atom. The number of amides is 1. The van der Waals surface area contributed by atoms with Crippen LogP contribution in [0.1, 0.15) is 58.9 Å². The van der Waals surface area contributed by atoms with Crippen molar-refractivity contribution >= 4 is 23.5 Å². The first kappa shape index (κ1) is 20.6. The highest BCUT2D eigenvalue weighted by Gasteiger charge is 2.35. The van der Waals surface area contributed by atoms with Gasteiger partial charge in [-0.25, -0.2) is 9.59 Å². The van der Waals surface area contributed by atoms with Crippen LogP contribution in [-0.4, -0.2) is 38.6 Å². The van der Waals surface area contributed by atoms with E-state index in [1.54, 1.807) is 4.90 Å². The van der Waals surface area contributed by atoms with Gasteiger partial charge in [-0.05, 0) is 29.5 Å². The minimum Gasteiger partial charge on any atom is -0.465 e. The fraction of sp³-hybridized carbons (Fsp3) is 0.348. The first-order valence-electron chi connectivity index (χ1n) is 9.64. The smallest absolute Gasteiger partial charge is 0.340 e. The lowest BCUT2D eigenvalue weighted by atomic mass is 9.86. The van der Waals surface area contributed by atoms with Crippen molar-refractivity contribution in [3.05, 3.63) is 53.1 Å². The monoisotopic (exact) mass is 395 g/mol. The molecule has 1 heterocycles. The van der Waals surface area contributed by atoms with E-state index in [1.807, 2.05) is 50.2 Å². The summed E-state index contributed by atoms with van der Waals surface area (Å²) < 4.78 is 10.1. The molecule has 6 nitrogen and oxygen atoms in total. The number of rotatable bonds is 5. The molecule has 1 aliphatic rings. The molecule has 0 atom stereocenters. The van der Waals surface area contributed by atoms with Gasteiger partial charge in [-0.15, -0.1) is 0 Å². The van der Waals surface area contributed by atoms with E-state index in [9.17, 15) is 14.4 Å². The number of hydrogen-bond donors (Lipinski definition) is 0. The topological polar surface area (TPSA) is 72.9 Å². The van der Waals surface area contributed by atoms with Crippen LogP contribution in [-0.2, 0) is 14.3 Å². The SMILES string of the molecule is COC(=O)c1c(C(C)C)cc(-c2ccccc2)c(N2CCCC2=O)c1C(=O)OC. The van der Waals surface area contributed by atoms with Crippen LogP contribution in [0.5, 0.6) is 0 Å². The van der Waals surface area contributed by atoms with Crippen LogP contribution >= 0.6 is 0 Å². The normalized spacial score (nSPS) is 13.7. The number of esters is 2. The number of hydrogen-bond acceptors (Lipinski definition) is 5. The van der Waals surface area contributed by atoms with Crippen LogP contribution in [0.2, 0.25) is 0 Å². The second kappa shape index (κ2) is 8.47. The molecule has 0 aliphatic carbocycles. The van der Waals surface area contributed by atoms with E-state index in [1.165, 1.54) is 14.2 Å². The first-order valence-corrected chi connectivity index (χ1v) is 9.64. The lowest BCUT2D eigenvalue weighted by Gasteiger charge is -2.27. The second-order valence-electron chi connectivity index (χ2n) is 7.26. The number of carbonyl (C=O) groups excluding carboxylic acids is 3. The highest BCUT2D eigenvalue weighted by atomic mass is 16.5. The highest BCUT2D eigenvalue weighted by Crippen LogP contribution is 2.42. The van der Waals surface area contributed by atoms with Crippen molar-refractivity contribution in [3.8, 4) is 11.1 Å². The summed E-state index contributed by atoms with van der Waals surface area (Å²) >= 11 is 0. The molecular weight excluding hydrogens is 370 g/mol. The Morgan fingerprint density at radius 3 is 2.14 bits per heavy atom. The Kier molecular flexibility index (Phi) is 6.01. The molecule has 0 N–H and O–H groups in total. The largest absolute Gasteiger partial charge is 0.465 e. The van der Waals surface area contributed by atoms with Gasteiger partial charge in [0.25, 0.3) is 0 Å². The van der Waals surface area contributed by atoms with E-state index in [2.05, 4.69) is 0 Å². The van der Waals surface area contributed by atoms with E-state index in [4.69, 9.17) is 9.47 Å². The van der Waals surface area contributed by atoms with Gasteiger partial charge in [0.05, 0.1) is 31.0 Å². The molecule has 0 saturated carbocycles. The third kappa shape index (κ3) is 3.75. The Morgan fingerprint density at radius 2 is 1.62 bits per heavy atom. The highest BCUT2D eigenvalue weighted by molar-refractivity contribution is 6.14. The average Bonchev–Trinajstić information content (AvgIpc) is 3.16. The van der Waals surface area contributed by atoms with Crippen molar-refractivity contribution in [3.63, 3.8) is 0 Å². The molecule has 1 fully saturated rings. The molecule has 29 heavy (non-hydrogen) atoms. The molecule has 0 radical (unpaired) electrons. The van der Waals surface area contributed by atoms with Crippen molar-refractivity contribution < 1.29 is 23.9 Å². The van der Waals surface area contributed by atoms with Crippen LogP contribution in [0, 0.1) is 0 Å². The summed E-state index contributed by atoms with van der Waals surface area (Å²) in [5.74, 6) is -1.43. The van der Waals surface area contributed by atoms with E-state index in [0.29, 0.717) is 30.6 Å². The fourth-order valence-electron chi connectivity index (χ4n) is 3.77. The van der Waals surface area contributed by atoms with Crippen molar-refractivity contribution in [2.24, 2.45) is 0 Å². The summed E-state index contributed by atoms with van der Waals surface area (Å²) in [4.78, 5) is 39.9. The first-order chi connectivity index (χ1) is 13.9. The molecule has 6 heteroatoms. The number of anilines is 1. The Balaban J connectivity index is 2.48. The van der Waals surface area contributed by atoms with Gasteiger partial charge in [-0.3, -0.25) is 4.79 Å². The molecule has 0 aromatic heterocycles. The van der Waals surface area contributed by atoms with Gasteiger partial charge in [0.15, 0.2) is 0 Å². The summed E-state index contributed by atoms with van der Waals surface area (Å²) in [5.41, 5.74) is 2.90. The molecule has 1 aliphatic heterocycles. The maximum atomic E-state index is 12.9. The van der Waals surface area contributed by atoms with Crippen molar-refractivity contribution in [2.75, 3.05) is 25.7 Å². The van der Waals surface area contributed by atoms with Crippen molar-refractivity contribution in [1.82, 2.24) is 0 Å². The van der Waals surface area contributed by atoms with Gasteiger partial charge in [0, 0.05) is 18.5 Å². The second-order valence-corrected chi connectivity index (χ2v) is 7.26. The molecule has 0 bridgehead atoms. The predicted molar refractivity (Wildman–Crippen MR) is 110 cm³/mol. The number of carbonyl (C=O) groups is 3. The standard InChI is InChI=1S/C23H25NO5/c1-14(2)16-13-17(15-9-6-5-7-10-15)21(24-12-8-11-18(24)25)20(23(27)29-4)19(16)22(26)28-3/h5-7,9-10,13-14H,8,11-12H2,1-4H3. The summed E-state index contributed by atoms with van der Waals surface area (Å²) in [6.45, 7) is 4.36. The molecule has 1 amide bonds. The van der Waals surface area contributed by atoms with Gasteiger partial charge < -0.3 is 14.4 Å². The third-order valence-electron chi connectivity index (χ3n) is 5.16. The third-order valence-corrected chi connectivity index (χ3v) is 5.16. The lowest BCUT2D eigenvalue weighted by molar-refractivity contribution is -0.117. The zero-order valence-corrected chi connectivity index (χ0v) is 17.2. The minimum atomic E-state index is -0.667. The zero-order chi connectivity index (χ0) is 21.1. The number of ether oxygens (including phenoxy) is 2. The maximum absolute atomic E-state index is 12.9. The molecule has 3 rings (SSSR count). The quantitative estimate of drug-likeness (QED) is 0.710. The van der Waals surface area contributed by atoms with E-state index in [0.717, 1.165) is 11.1 Å². The zero-order valence-electron chi connectivity index (χ0n) is 17.2. The van der Waals surface area contributed by atoms with Gasteiger partial charge in [0.1, 0.15) is 0 Å². The number of benzene rings is 2. The number of nitrogens with zero attached hydrogens (tertiary/aromatic N) is 1. The van der Waals surface area contributed by atoms with E-state index in [-0.39, 0.29) is 23.0 Å². The molecule has 2 aromatic carbocycles. The van der Waals surface area contributed by atoms with Gasteiger partial charge in [0.2, 0.25) is 5.91 Å². The fourth-order valence-corrected chi connectivity index (χ4v) is 3.77. The Hall–Kier alpha value is -3.15. The van der Waals surface area contributed by atoms with E-state index < -0.39 is 11.9 Å². The van der Waals surface area contributed by atoms with Gasteiger partial charge >= 0.3 is 11.9 Å². The summed E-state index contributed by atoms with van der Waals surface area (Å²) in [6, 6.07) is 11.4. The van der Waals surface area contributed by atoms with Crippen LogP contribution < -0.4 is 4.90 Å². The Bertz CT molecular complexity index is 949. The van der Waals surface area contributed by atoms with Gasteiger partial charge in [-0.2, -0.15) is 0 Å². The molecule has 1 saturated heterocycles. The molecule has 0 unspecified atom stereocenters. The van der Waals surface area contributed by atoms with Crippen LogP contribution in [0.25, 0.3) is 11.1 Å². The van der Waals surface area contributed by atoms with Gasteiger partial charge in [-0.1, -0.05) is 44.2 Å². The summed E-state index contributed by atoms with van der Waals surface area (Å²) in [6.07, 6.45) is 1.08. The van der Waals surface area contributed by atoms with E-state index >= 15 is 0 Å². The molecular formula is C23H25NO5. The predicted octanol–water partition coefficient (Wildman–Crippen LogP) is 4.18. The van der Waals surface area contributed by atoms with Crippen LogP contribution in [0.4, 0.5) is 5.69 Å². The van der Waals surface area contributed by atoms with Crippen molar-refractivity contribution in [2.45, 2.75) is 32.6 Å². The molecule has 2 aromatic rings. The van der Waals surface area contributed by atoms with Crippen LogP contribution in [0.3, 0.4) is 0 Å². The van der Waals surface area contributed by atoms with Crippen molar-refractivity contribution in [1.29, 1.82) is 0 Å².